The molecule has 0 N–H and O–H groups in total. The van der Waals surface area contributed by atoms with Crippen molar-refractivity contribution in [1.29, 1.82) is 0 Å². The van der Waals surface area contributed by atoms with Gasteiger partial charge in [-0.05, 0) is 33.6 Å². The molecule has 0 atom stereocenters. The zero-order valence-corrected chi connectivity index (χ0v) is 10.1. The minimum atomic E-state index is -0.244. The summed E-state index contributed by atoms with van der Waals surface area (Å²) < 4.78 is 13.4. The Morgan fingerprint density at radius 3 is 2.36 bits per heavy atom. The summed E-state index contributed by atoms with van der Waals surface area (Å²) in [6, 6.07) is 4.99. The Balaban J connectivity index is 3.05. The Morgan fingerprint density at radius 2 is 1.91 bits per heavy atom. The predicted molar refractivity (Wildman–Crippen MR) is 54.7 cm³/mol. The lowest BCUT2D eigenvalue weighted by Gasteiger charge is -2.01. The van der Waals surface area contributed by atoms with E-state index in [0.29, 0.717) is 4.47 Å². The average molecular weight is 347 g/mol. The van der Waals surface area contributed by atoms with Gasteiger partial charge in [0.2, 0.25) is 0 Å². The van der Waals surface area contributed by atoms with E-state index in [1.165, 1.54) is 6.07 Å². The van der Waals surface area contributed by atoms with E-state index in [9.17, 15) is 4.39 Å². The van der Waals surface area contributed by atoms with Crippen LogP contribution in [0.3, 0.4) is 0 Å². The van der Waals surface area contributed by atoms with Gasteiger partial charge in [0, 0.05) is 0 Å². The Labute approximate surface area is 89.6 Å². The van der Waals surface area contributed by atoms with Gasteiger partial charge in [0.15, 0.2) is 0 Å². The molecule has 1 rings (SSSR count). The maximum absolute atomic E-state index is 12.9. The van der Waals surface area contributed by atoms with Gasteiger partial charge in [-0.2, -0.15) is 0 Å². The summed E-state index contributed by atoms with van der Waals surface area (Å²) in [4.78, 5) is 0. The second-order valence-corrected chi connectivity index (χ2v) is 5.89. The zero-order chi connectivity index (χ0) is 8.43. The fourth-order valence-electron chi connectivity index (χ4n) is 0.648. The highest BCUT2D eigenvalue weighted by Crippen LogP contribution is 2.30. The van der Waals surface area contributed by atoms with Crippen LogP contribution >= 0.6 is 47.8 Å². The van der Waals surface area contributed by atoms with Crippen molar-refractivity contribution in [2.45, 2.75) is 3.74 Å². The van der Waals surface area contributed by atoms with Crippen LogP contribution in [0.2, 0.25) is 0 Å². The summed E-state index contributed by atoms with van der Waals surface area (Å²) in [5.41, 5.74) is 0.866. The highest BCUT2D eigenvalue weighted by atomic mass is 79.9. The molecule has 0 aliphatic rings. The minimum Gasteiger partial charge on any atom is -0.206 e. The van der Waals surface area contributed by atoms with Gasteiger partial charge in [-0.3, -0.25) is 0 Å². The van der Waals surface area contributed by atoms with Gasteiger partial charge >= 0.3 is 0 Å². The zero-order valence-electron chi connectivity index (χ0n) is 5.32. The Bertz CT molecular complexity index is 260. The lowest BCUT2D eigenvalue weighted by atomic mass is 10.2. The molecule has 0 fully saturated rings. The molecule has 0 bridgehead atoms. The number of alkyl halides is 2. The molecule has 60 valence electrons. The summed E-state index contributed by atoms with van der Waals surface area (Å²) in [5.74, 6) is -0.244. The molecule has 0 saturated heterocycles. The summed E-state index contributed by atoms with van der Waals surface area (Å²) in [6.45, 7) is 0. The van der Waals surface area contributed by atoms with Crippen LogP contribution in [-0.4, -0.2) is 0 Å². The van der Waals surface area contributed by atoms with Crippen LogP contribution in [0.25, 0.3) is 0 Å². The first-order valence-electron chi connectivity index (χ1n) is 2.84. The number of halogens is 4. The molecular weight excluding hydrogens is 343 g/mol. The average Bonchev–Trinajstić information content (AvgIpc) is 1.94. The van der Waals surface area contributed by atoms with Crippen molar-refractivity contribution in [3.63, 3.8) is 0 Å². The van der Waals surface area contributed by atoms with Gasteiger partial charge in [0.05, 0.1) is 8.21 Å². The third-order valence-corrected chi connectivity index (χ3v) is 2.90. The van der Waals surface area contributed by atoms with Crippen molar-refractivity contribution in [3.8, 4) is 0 Å². The minimum absolute atomic E-state index is 0.0117. The van der Waals surface area contributed by atoms with E-state index in [-0.39, 0.29) is 9.55 Å². The van der Waals surface area contributed by atoms with E-state index in [4.69, 9.17) is 0 Å². The van der Waals surface area contributed by atoms with Crippen molar-refractivity contribution in [2.75, 3.05) is 0 Å². The third-order valence-electron chi connectivity index (χ3n) is 1.20. The molecule has 0 aromatic heterocycles. The molecule has 0 unspecified atom stereocenters. The van der Waals surface area contributed by atoms with Gasteiger partial charge in [-0.25, -0.2) is 4.39 Å². The lowest BCUT2D eigenvalue weighted by molar-refractivity contribution is 0.620. The second-order valence-electron chi connectivity index (χ2n) is 1.97. The smallest absolute Gasteiger partial charge is 0.137 e. The van der Waals surface area contributed by atoms with Crippen LogP contribution in [0, 0.1) is 5.82 Å². The van der Waals surface area contributed by atoms with Crippen LogP contribution < -0.4 is 0 Å². The summed E-state index contributed by atoms with van der Waals surface area (Å²) in [6.07, 6.45) is 0. The highest BCUT2D eigenvalue weighted by molar-refractivity contribution is 9.24. The maximum atomic E-state index is 12.9. The molecule has 0 spiro atoms. The molecule has 1 aromatic carbocycles. The van der Waals surface area contributed by atoms with Crippen molar-refractivity contribution in [1.82, 2.24) is 0 Å². The molecule has 1 aromatic rings. The van der Waals surface area contributed by atoms with Crippen molar-refractivity contribution < 1.29 is 4.39 Å². The topological polar surface area (TPSA) is 0 Å². The third kappa shape index (κ3) is 2.53. The molecule has 11 heavy (non-hydrogen) atoms. The molecule has 0 aliphatic carbocycles. The van der Waals surface area contributed by atoms with Gasteiger partial charge in [0.25, 0.3) is 0 Å². The molecule has 0 aliphatic heterocycles. The monoisotopic (exact) mass is 344 g/mol. The molecule has 0 radical (unpaired) electrons. The van der Waals surface area contributed by atoms with Crippen LogP contribution in [0.1, 0.15) is 9.30 Å². The molecule has 0 amide bonds. The summed E-state index contributed by atoms with van der Waals surface area (Å²) in [7, 11) is 0. The first kappa shape index (κ1) is 9.68. The van der Waals surface area contributed by atoms with E-state index >= 15 is 0 Å². The van der Waals surface area contributed by atoms with Crippen molar-refractivity contribution >= 4 is 47.8 Å². The molecule has 0 heterocycles. The van der Waals surface area contributed by atoms with E-state index in [1.54, 1.807) is 6.07 Å². The molecular formula is C7H4Br3F. The summed E-state index contributed by atoms with van der Waals surface area (Å²) in [5, 5.41) is 0. The highest BCUT2D eigenvalue weighted by Gasteiger charge is 2.05. The Kier molecular flexibility index (Phi) is 3.52. The first-order chi connectivity index (χ1) is 5.11. The van der Waals surface area contributed by atoms with E-state index in [2.05, 4.69) is 47.8 Å². The maximum Gasteiger partial charge on any atom is 0.137 e. The normalized spacial score (nSPS) is 10.6. The van der Waals surface area contributed by atoms with Crippen LogP contribution in [0.5, 0.6) is 0 Å². The lowest BCUT2D eigenvalue weighted by Crippen LogP contribution is -1.83. The second kappa shape index (κ2) is 4.01. The number of rotatable bonds is 1. The largest absolute Gasteiger partial charge is 0.206 e. The van der Waals surface area contributed by atoms with E-state index in [0.717, 1.165) is 5.56 Å². The van der Waals surface area contributed by atoms with E-state index in [1.807, 2.05) is 6.07 Å². The predicted octanol–water partition coefficient (Wildman–Crippen LogP) is 4.38. The number of hydrogen-bond acceptors (Lipinski definition) is 0. The van der Waals surface area contributed by atoms with Crippen LogP contribution in [0.15, 0.2) is 22.7 Å². The first-order valence-corrected chi connectivity index (χ1v) is 5.47. The van der Waals surface area contributed by atoms with Gasteiger partial charge in [-0.1, -0.05) is 37.9 Å². The van der Waals surface area contributed by atoms with Gasteiger partial charge in [-0.15, -0.1) is 0 Å². The van der Waals surface area contributed by atoms with Crippen molar-refractivity contribution in [2.24, 2.45) is 0 Å². The number of benzene rings is 1. The van der Waals surface area contributed by atoms with Gasteiger partial charge < -0.3 is 0 Å². The fraction of sp³-hybridized carbons (Fsp3) is 0.143. The van der Waals surface area contributed by atoms with Crippen LogP contribution in [-0.2, 0) is 0 Å². The summed E-state index contributed by atoms with van der Waals surface area (Å²) >= 11 is 9.62. The number of hydrogen-bond donors (Lipinski definition) is 0. The molecule has 0 nitrogen and oxygen atoms in total. The SMILES string of the molecule is Fc1cc(C(Br)Br)ccc1Br. The fourth-order valence-corrected chi connectivity index (χ4v) is 1.46. The van der Waals surface area contributed by atoms with Gasteiger partial charge in [0.1, 0.15) is 5.82 Å². The van der Waals surface area contributed by atoms with Crippen molar-refractivity contribution in [3.05, 3.63) is 34.1 Å². The van der Waals surface area contributed by atoms with E-state index < -0.39 is 0 Å². The molecule has 0 saturated carbocycles. The van der Waals surface area contributed by atoms with Crippen LogP contribution in [0.4, 0.5) is 4.39 Å². The molecule has 4 heteroatoms. The quantitative estimate of drug-likeness (QED) is 0.662. The Hall–Kier alpha value is 0.590. The Morgan fingerprint density at radius 1 is 1.27 bits per heavy atom. The standard InChI is InChI=1S/C7H4Br3F/c8-5-2-1-4(7(9)10)3-6(5)11/h1-3,7H.